The Morgan fingerprint density at radius 1 is 1.12 bits per heavy atom. The second kappa shape index (κ2) is 10.2. The average Bonchev–Trinajstić information content (AvgIpc) is 2.70. The summed E-state index contributed by atoms with van der Waals surface area (Å²) >= 11 is 5.77. The van der Waals surface area contributed by atoms with Gasteiger partial charge in [-0.1, -0.05) is 32.9 Å². The van der Waals surface area contributed by atoms with Crippen molar-refractivity contribution in [1.82, 2.24) is 9.97 Å². The van der Waals surface area contributed by atoms with E-state index in [0.717, 1.165) is 42.0 Å². The van der Waals surface area contributed by atoms with Gasteiger partial charge in [-0.3, -0.25) is 0 Å². The fraction of sp³-hybridized carbons (Fsp3) is 0.500. The maximum Gasteiger partial charge on any atom is 0.257 e. The van der Waals surface area contributed by atoms with Crippen molar-refractivity contribution in [2.75, 3.05) is 24.9 Å². The molecule has 0 unspecified atom stereocenters. The highest BCUT2D eigenvalue weighted by Crippen LogP contribution is 2.34. The summed E-state index contributed by atoms with van der Waals surface area (Å²) in [5, 5.41) is 3.45. The number of aromatic nitrogens is 2. The van der Waals surface area contributed by atoms with Crippen LogP contribution in [0, 0.1) is 0 Å². The Hall–Kier alpha value is -2.01. The van der Waals surface area contributed by atoms with Crippen LogP contribution in [0.2, 0.25) is 0 Å². The molecule has 2 rings (SSSR count). The number of rotatable bonds is 10. The molecule has 142 valence electrons. The van der Waals surface area contributed by atoms with Gasteiger partial charge in [-0.05, 0) is 31.4 Å². The molecule has 1 N–H and O–H groups in total. The lowest BCUT2D eigenvalue weighted by Crippen LogP contribution is -2.19. The fourth-order valence-corrected chi connectivity index (χ4v) is 2.85. The van der Waals surface area contributed by atoms with Gasteiger partial charge in [0, 0.05) is 11.6 Å². The van der Waals surface area contributed by atoms with Crippen molar-refractivity contribution in [3.63, 3.8) is 0 Å². The van der Waals surface area contributed by atoms with E-state index >= 15 is 0 Å². The second-order valence-electron chi connectivity index (χ2n) is 5.92. The van der Waals surface area contributed by atoms with Crippen molar-refractivity contribution in [1.29, 1.82) is 0 Å². The number of aryl methyl sites for hydroxylation is 1. The van der Waals surface area contributed by atoms with Gasteiger partial charge in [0.05, 0.1) is 24.4 Å². The highest BCUT2D eigenvalue weighted by Gasteiger charge is 2.19. The number of para-hydroxylation sites is 1. The van der Waals surface area contributed by atoms with Crippen molar-refractivity contribution in [2.24, 2.45) is 0 Å². The van der Waals surface area contributed by atoms with Gasteiger partial charge in [-0.2, -0.15) is 0 Å². The first-order chi connectivity index (χ1) is 12.7. The minimum Gasteiger partial charge on any atom is -0.492 e. The third kappa shape index (κ3) is 4.79. The third-order valence-electron chi connectivity index (χ3n) is 4.27. The lowest BCUT2D eigenvalue weighted by atomic mass is 10.1. The van der Waals surface area contributed by atoms with Crippen LogP contribution in [0.1, 0.15) is 39.3 Å². The number of methoxy groups -OCH3 is 1. The number of halogens is 1. The van der Waals surface area contributed by atoms with E-state index in [1.54, 1.807) is 7.11 Å². The van der Waals surface area contributed by atoms with Crippen LogP contribution in [-0.4, -0.2) is 35.6 Å². The van der Waals surface area contributed by atoms with E-state index in [-0.39, 0.29) is 0 Å². The second-order valence-corrected chi connectivity index (χ2v) is 6.30. The zero-order valence-corrected chi connectivity index (χ0v) is 16.8. The van der Waals surface area contributed by atoms with Crippen molar-refractivity contribution >= 4 is 17.4 Å². The molecule has 0 fully saturated rings. The van der Waals surface area contributed by atoms with E-state index < -0.39 is 0 Å². The summed E-state index contributed by atoms with van der Waals surface area (Å²) in [7, 11) is 1.62. The number of nitrogens with one attached hydrogen (secondary N) is 1. The van der Waals surface area contributed by atoms with Crippen molar-refractivity contribution < 1.29 is 9.47 Å². The minimum absolute atomic E-state index is 0.341. The average molecular weight is 378 g/mol. The van der Waals surface area contributed by atoms with Crippen LogP contribution in [0.15, 0.2) is 24.3 Å². The Balaban J connectivity index is 2.50. The molecular formula is C20H28ClN3O2. The number of hydrogen-bond donors (Lipinski definition) is 1. The summed E-state index contributed by atoms with van der Waals surface area (Å²) < 4.78 is 11.3. The first-order valence-electron chi connectivity index (χ1n) is 9.17. The SMILES string of the molecule is CCc1nc(NC(CC)CC)c(OC)nc1-c1ccccc1OCCCl. The van der Waals surface area contributed by atoms with Crippen molar-refractivity contribution in [2.45, 2.75) is 46.1 Å². The van der Waals surface area contributed by atoms with Crippen LogP contribution in [0.4, 0.5) is 5.82 Å². The van der Waals surface area contributed by atoms with E-state index in [2.05, 4.69) is 26.1 Å². The molecule has 1 aromatic heterocycles. The minimum atomic E-state index is 0.341. The predicted molar refractivity (Wildman–Crippen MR) is 108 cm³/mol. The number of alkyl halides is 1. The molecule has 0 aliphatic heterocycles. The number of anilines is 1. The van der Waals surface area contributed by atoms with Crippen LogP contribution < -0.4 is 14.8 Å². The Labute approximate surface area is 161 Å². The van der Waals surface area contributed by atoms with Gasteiger partial charge >= 0.3 is 0 Å². The van der Waals surface area contributed by atoms with E-state index in [1.807, 2.05) is 24.3 Å². The molecule has 0 atom stereocenters. The van der Waals surface area contributed by atoms with Gasteiger partial charge in [0.15, 0.2) is 5.82 Å². The molecule has 0 aliphatic carbocycles. The molecule has 0 spiro atoms. The molecule has 0 aliphatic rings. The molecule has 0 bridgehead atoms. The highest BCUT2D eigenvalue weighted by molar-refractivity contribution is 6.18. The monoisotopic (exact) mass is 377 g/mol. The molecule has 1 aromatic carbocycles. The van der Waals surface area contributed by atoms with Crippen LogP contribution in [0.25, 0.3) is 11.3 Å². The predicted octanol–water partition coefficient (Wildman–Crippen LogP) is 4.93. The zero-order valence-electron chi connectivity index (χ0n) is 16.0. The largest absolute Gasteiger partial charge is 0.492 e. The number of benzene rings is 1. The van der Waals surface area contributed by atoms with Crippen molar-refractivity contribution in [3.8, 4) is 22.9 Å². The normalized spacial score (nSPS) is 10.8. The van der Waals surface area contributed by atoms with Gasteiger partial charge in [-0.25, -0.2) is 9.97 Å². The first kappa shape index (κ1) is 20.3. The summed E-state index contributed by atoms with van der Waals surface area (Å²) in [6, 6.07) is 8.15. The third-order valence-corrected chi connectivity index (χ3v) is 4.42. The maximum absolute atomic E-state index is 5.79. The van der Waals surface area contributed by atoms with Gasteiger partial charge in [0.25, 0.3) is 5.88 Å². The molecule has 0 radical (unpaired) electrons. The molecule has 0 saturated carbocycles. The standard InChI is InChI=1S/C20H28ClN3O2/c1-5-14(6-2)22-19-20(25-4)24-18(16(7-3)23-19)15-10-8-9-11-17(15)26-13-12-21/h8-11,14H,5-7,12-13H2,1-4H3,(H,22,23). The summed E-state index contributed by atoms with van der Waals surface area (Å²) in [6.07, 6.45) is 2.78. The lowest BCUT2D eigenvalue weighted by molar-refractivity contribution is 0.344. The molecule has 5 nitrogen and oxygen atoms in total. The topological polar surface area (TPSA) is 56.3 Å². The van der Waals surface area contributed by atoms with Crippen LogP contribution in [0.5, 0.6) is 11.6 Å². The number of nitrogens with zero attached hydrogens (tertiary/aromatic N) is 2. The van der Waals surface area contributed by atoms with E-state index in [1.165, 1.54) is 0 Å². The molecular weight excluding hydrogens is 350 g/mol. The quantitative estimate of drug-likeness (QED) is 0.595. The van der Waals surface area contributed by atoms with E-state index in [4.69, 9.17) is 31.0 Å². The Morgan fingerprint density at radius 3 is 2.46 bits per heavy atom. The molecule has 26 heavy (non-hydrogen) atoms. The van der Waals surface area contributed by atoms with Crippen LogP contribution in [-0.2, 0) is 6.42 Å². The molecule has 2 aromatic rings. The number of ether oxygens (including phenoxy) is 2. The van der Waals surface area contributed by atoms with E-state index in [0.29, 0.717) is 30.2 Å². The summed E-state index contributed by atoms with van der Waals surface area (Å²) in [4.78, 5) is 9.58. The fourth-order valence-electron chi connectivity index (χ4n) is 2.78. The summed E-state index contributed by atoms with van der Waals surface area (Å²) in [5.41, 5.74) is 2.58. The maximum atomic E-state index is 5.79. The molecule has 0 saturated heterocycles. The summed E-state index contributed by atoms with van der Waals surface area (Å²) in [5.74, 6) is 2.37. The highest BCUT2D eigenvalue weighted by atomic mass is 35.5. The van der Waals surface area contributed by atoms with Crippen LogP contribution in [0.3, 0.4) is 0 Å². The van der Waals surface area contributed by atoms with Gasteiger partial charge < -0.3 is 14.8 Å². The Morgan fingerprint density at radius 2 is 1.85 bits per heavy atom. The van der Waals surface area contributed by atoms with Crippen LogP contribution >= 0.6 is 11.6 Å². The smallest absolute Gasteiger partial charge is 0.257 e. The van der Waals surface area contributed by atoms with Gasteiger partial charge in [0.2, 0.25) is 0 Å². The Kier molecular flexibility index (Phi) is 7.98. The van der Waals surface area contributed by atoms with Crippen molar-refractivity contribution in [3.05, 3.63) is 30.0 Å². The Bertz CT molecular complexity index is 705. The molecule has 1 heterocycles. The number of hydrogen-bond acceptors (Lipinski definition) is 5. The molecule has 6 heteroatoms. The molecule has 0 amide bonds. The van der Waals surface area contributed by atoms with E-state index in [9.17, 15) is 0 Å². The first-order valence-corrected chi connectivity index (χ1v) is 9.71. The summed E-state index contributed by atoms with van der Waals surface area (Å²) in [6.45, 7) is 6.82. The van der Waals surface area contributed by atoms with Gasteiger partial charge in [-0.15, -0.1) is 11.6 Å². The van der Waals surface area contributed by atoms with Gasteiger partial charge in [0.1, 0.15) is 12.4 Å². The zero-order chi connectivity index (χ0) is 18.9. The lowest BCUT2D eigenvalue weighted by Gasteiger charge is -2.19.